The quantitative estimate of drug-likeness (QED) is 0.642. The van der Waals surface area contributed by atoms with E-state index in [9.17, 15) is 4.79 Å². The van der Waals surface area contributed by atoms with E-state index in [1.54, 1.807) is 0 Å². The van der Waals surface area contributed by atoms with Gasteiger partial charge >= 0.3 is 0 Å². The molecule has 0 aliphatic heterocycles. The van der Waals surface area contributed by atoms with E-state index in [4.69, 9.17) is 0 Å². The highest BCUT2D eigenvalue weighted by Crippen LogP contribution is 2.30. The number of nitrogens with one attached hydrogen (secondary N) is 2. The van der Waals surface area contributed by atoms with Crippen LogP contribution in [0.25, 0.3) is 22.2 Å². The number of anilines is 1. The lowest BCUT2D eigenvalue weighted by Crippen LogP contribution is -2.10. The maximum absolute atomic E-state index is 11.8. The fraction of sp³-hybridized carbons (Fsp3) is 0.294. The topological polar surface area (TPSA) is 57.8 Å². The summed E-state index contributed by atoms with van der Waals surface area (Å²) in [7, 11) is 0. The van der Waals surface area contributed by atoms with Crippen LogP contribution in [0.15, 0.2) is 35.8 Å². The van der Waals surface area contributed by atoms with Gasteiger partial charge in [-0.15, -0.1) is 11.3 Å². The van der Waals surface area contributed by atoms with Crippen molar-refractivity contribution in [3.05, 3.63) is 35.8 Å². The molecule has 22 heavy (non-hydrogen) atoms. The van der Waals surface area contributed by atoms with Crippen LogP contribution in [-0.2, 0) is 4.79 Å². The van der Waals surface area contributed by atoms with Crippen LogP contribution in [0.4, 0.5) is 5.13 Å². The van der Waals surface area contributed by atoms with E-state index in [1.165, 1.54) is 11.3 Å². The van der Waals surface area contributed by atoms with Crippen LogP contribution in [0.5, 0.6) is 0 Å². The lowest BCUT2D eigenvalue weighted by Gasteiger charge is -2.00. The van der Waals surface area contributed by atoms with Gasteiger partial charge in [-0.05, 0) is 12.5 Å². The Hall–Kier alpha value is -2.14. The summed E-state index contributed by atoms with van der Waals surface area (Å²) < 4.78 is 0. The molecule has 0 radical (unpaired) electrons. The lowest BCUT2D eigenvalue weighted by molar-refractivity contribution is -0.116. The Labute approximate surface area is 133 Å². The summed E-state index contributed by atoms with van der Waals surface area (Å²) in [6.07, 6.45) is 5.67. The average Bonchev–Trinajstić information content (AvgIpc) is 3.13. The molecule has 114 valence electrons. The van der Waals surface area contributed by atoms with E-state index in [-0.39, 0.29) is 5.91 Å². The van der Waals surface area contributed by atoms with Gasteiger partial charge in [-0.1, -0.05) is 38.0 Å². The first-order valence-corrected chi connectivity index (χ1v) is 8.47. The molecule has 0 aliphatic carbocycles. The van der Waals surface area contributed by atoms with Crippen molar-refractivity contribution in [2.45, 2.75) is 32.6 Å². The summed E-state index contributed by atoms with van der Waals surface area (Å²) in [4.78, 5) is 19.6. The van der Waals surface area contributed by atoms with Crippen molar-refractivity contribution in [2.24, 2.45) is 0 Å². The van der Waals surface area contributed by atoms with Gasteiger partial charge in [0.15, 0.2) is 5.13 Å². The molecular weight excluding hydrogens is 294 g/mol. The Morgan fingerprint density at radius 1 is 1.32 bits per heavy atom. The SMILES string of the molecule is CCCCCC(=O)Nc1nc(-c2c[nH]c3ccccc23)cs1. The molecule has 3 rings (SSSR count). The van der Waals surface area contributed by atoms with Gasteiger partial charge in [0.1, 0.15) is 0 Å². The number of rotatable bonds is 6. The second-order valence-corrected chi connectivity index (χ2v) is 6.15. The van der Waals surface area contributed by atoms with E-state index in [2.05, 4.69) is 28.3 Å². The Morgan fingerprint density at radius 3 is 3.05 bits per heavy atom. The number of unbranched alkanes of at least 4 members (excludes halogenated alkanes) is 2. The first-order chi connectivity index (χ1) is 10.8. The molecule has 0 unspecified atom stereocenters. The Morgan fingerprint density at radius 2 is 2.18 bits per heavy atom. The number of hydrogen-bond acceptors (Lipinski definition) is 3. The van der Waals surface area contributed by atoms with E-state index < -0.39 is 0 Å². The molecule has 3 aromatic rings. The van der Waals surface area contributed by atoms with Crippen LogP contribution in [-0.4, -0.2) is 15.9 Å². The van der Waals surface area contributed by atoms with Crippen molar-refractivity contribution in [1.29, 1.82) is 0 Å². The number of para-hydroxylation sites is 1. The van der Waals surface area contributed by atoms with Crippen molar-refractivity contribution < 1.29 is 4.79 Å². The zero-order chi connectivity index (χ0) is 15.4. The van der Waals surface area contributed by atoms with E-state index in [1.807, 2.05) is 29.8 Å². The number of carbonyl (C=O) groups excluding carboxylic acids is 1. The number of nitrogens with zero attached hydrogens (tertiary/aromatic N) is 1. The smallest absolute Gasteiger partial charge is 0.226 e. The number of H-pyrrole nitrogens is 1. The fourth-order valence-electron chi connectivity index (χ4n) is 2.46. The van der Waals surface area contributed by atoms with Gasteiger partial charge in [-0.2, -0.15) is 0 Å². The summed E-state index contributed by atoms with van der Waals surface area (Å²) in [6, 6.07) is 8.14. The van der Waals surface area contributed by atoms with Crippen molar-refractivity contribution in [3.8, 4) is 11.3 Å². The molecule has 2 heterocycles. The molecule has 0 aliphatic rings. The molecule has 0 atom stereocenters. The maximum atomic E-state index is 11.8. The van der Waals surface area contributed by atoms with E-state index in [0.29, 0.717) is 11.6 Å². The summed E-state index contributed by atoms with van der Waals surface area (Å²) in [5, 5.41) is 6.69. The third-order valence-electron chi connectivity index (χ3n) is 3.62. The second-order valence-electron chi connectivity index (χ2n) is 5.29. The number of aromatic nitrogens is 2. The Bertz CT molecular complexity index is 775. The number of benzene rings is 1. The second kappa shape index (κ2) is 6.75. The monoisotopic (exact) mass is 313 g/mol. The van der Waals surface area contributed by atoms with Crippen LogP contribution in [0, 0.1) is 0 Å². The lowest BCUT2D eigenvalue weighted by atomic mass is 10.1. The van der Waals surface area contributed by atoms with Gasteiger partial charge in [0.2, 0.25) is 5.91 Å². The molecule has 0 bridgehead atoms. The summed E-state index contributed by atoms with van der Waals surface area (Å²) >= 11 is 1.47. The number of thiazole rings is 1. The molecule has 0 fully saturated rings. The molecule has 2 N–H and O–H groups in total. The van der Waals surface area contributed by atoms with Gasteiger partial charge in [0.25, 0.3) is 0 Å². The van der Waals surface area contributed by atoms with Gasteiger partial charge in [0, 0.05) is 34.5 Å². The highest BCUT2D eigenvalue weighted by molar-refractivity contribution is 7.14. The number of amides is 1. The molecule has 1 aromatic carbocycles. The van der Waals surface area contributed by atoms with Crippen molar-refractivity contribution in [3.63, 3.8) is 0 Å². The molecule has 5 heteroatoms. The Kier molecular flexibility index (Phi) is 4.53. The van der Waals surface area contributed by atoms with Crippen molar-refractivity contribution in [1.82, 2.24) is 9.97 Å². The number of aromatic amines is 1. The van der Waals surface area contributed by atoms with Crippen LogP contribution in [0.1, 0.15) is 32.6 Å². The van der Waals surface area contributed by atoms with Gasteiger partial charge in [-0.3, -0.25) is 4.79 Å². The van der Waals surface area contributed by atoms with E-state index in [0.717, 1.165) is 41.4 Å². The normalized spacial score (nSPS) is 11.0. The summed E-state index contributed by atoms with van der Waals surface area (Å²) in [5.41, 5.74) is 3.06. The van der Waals surface area contributed by atoms with Crippen LogP contribution < -0.4 is 5.32 Å². The number of hydrogen-bond donors (Lipinski definition) is 2. The first-order valence-electron chi connectivity index (χ1n) is 7.60. The third-order valence-corrected chi connectivity index (χ3v) is 4.38. The first kappa shape index (κ1) is 14.8. The Balaban J connectivity index is 1.72. The minimum atomic E-state index is 0.0493. The zero-order valence-corrected chi connectivity index (χ0v) is 13.4. The highest BCUT2D eigenvalue weighted by atomic mass is 32.1. The number of fused-ring (bicyclic) bond motifs is 1. The fourth-order valence-corrected chi connectivity index (χ4v) is 3.18. The molecule has 4 nitrogen and oxygen atoms in total. The van der Waals surface area contributed by atoms with Crippen LogP contribution >= 0.6 is 11.3 Å². The average molecular weight is 313 g/mol. The third kappa shape index (κ3) is 3.20. The number of carbonyl (C=O) groups is 1. The molecule has 0 saturated heterocycles. The molecule has 0 saturated carbocycles. The highest BCUT2D eigenvalue weighted by Gasteiger charge is 2.11. The summed E-state index contributed by atoms with van der Waals surface area (Å²) in [5.74, 6) is 0.0493. The van der Waals surface area contributed by atoms with Crippen molar-refractivity contribution >= 4 is 33.3 Å². The molecule has 1 amide bonds. The predicted octanol–water partition coefficient (Wildman–Crippen LogP) is 4.81. The van der Waals surface area contributed by atoms with Crippen molar-refractivity contribution in [2.75, 3.05) is 5.32 Å². The largest absolute Gasteiger partial charge is 0.360 e. The maximum Gasteiger partial charge on any atom is 0.226 e. The minimum Gasteiger partial charge on any atom is -0.360 e. The van der Waals surface area contributed by atoms with Gasteiger partial charge in [0.05, 0.1) is 5.69 Å². The standard InChI is InChI=1S/C17H19N3OS/c1-2-3-4-9-16(21)20-17-19-15(11-22-17)13-10-18-14-8-6-5-7-12(13)14/h5-8,10-11,18H,2-4,9H2,1H3,(H,19,20,21). The molecule has 2 aromatic heterocycles. The summed E-state index contributed by atoms with van der Waals surface area (Å²) in [6.45, 7) is 2.13. The minimum absolute atomic E-state index is 0.0493. The van der Waals surface area contributed by atoms with Crippen LogP contribution in [0.2, 0.25) is 0 Å². The predicted molar refractivity (Wildman–Crippen MR) is 92.2 cm³/mol. The van der Waals surface area contributed by atoms with E-state index >= 15 is 0 Å². The van der Waals surface area contributed by atoms with Crippen LogP contribution in [0.3, 0.4) is 0 Å². The molecular formula is C17H19N3OS. The molecule has 0 spiro atoms. The zero-order valence-electron chi connectivity index (χ0n) is 12.6. The van der Waals surface area contributed by atoms with Gasteiger partial charge < -0.3 is 10.3 Å². The van der Waals surface area contributed by atoms with Gasteiger partial charge in [-0.25, -0.2) is 4.98 Å².